The van der Waals surface area contributed by atoms with E-state index in [1.165, 1.54) is 4.90 Å². The van der Waals surface area contributed by atoms with Crippen LogP contribution < -0.4 is 0 Å². The highest BCUT2D eigenvalue weighted by Gasteiger charge is 2.39. The highest BCUT2D eigenvalue weighted by atomic mass is 19.4. The van der Waals surface area contributed by atoms with Gasteiger partial charge in [-0.1, -0.05) is 48.5 Å². The van der Waals surface area contributed by atoms with Crippen molar-refractivity contribution in [2.24, 2.45) is 0 Å². The molecular weight excluding hydrogens is 467 g/mol. The molecule has 4 rings (SSSR count). The number of piperidine rings is 1. The van der Waals surface area contributed by atoms with E-state index < -0.39 is 18.5 Å². The maximum absolute atomic E-state index is 13.1. The number of benzene rings is 2. The third-order valence-electron chi connectivity index (χ3n) is 7.47. The Morgan fingerprint density at radius 1 is 0.917 bits per heavy atom. The molecule has 2 aromatic carbocycles. The van der Waals surface area contributed by atoms with Crippen LogP contribution in [0.15, 0.2) is 48.5 Å². The molecule has 0 spiro atoms. The van der Waals surface area contributed by atoms with Crippen LogP contribution in [-0.2, 0) is 11.3 Å². The smallest absolute Gasteiger partial charge is 0.339 e. The lowest BCUT2D eigenvalue weighted by Crippen LogP contribution is -2.48. The Morgan fingerprint density at radius 3 is 2.17 bits per heavy atom. The normalized spacial score (nSPS) is 19.5. The summed E-state index contributed by atoms with van der Waals surface area (Å²) in [6, 6.07) is 15.1. The molecule has 2 aliphatic heterocycles. The average molecular weight is 502 g/mol. The maximum atomic E-state index is 13.1. The highest BCUT2D eigenvalue weighted by Crippen LogP contribution is 2.28. The van der Waals surface area contributed by atoms with Gasteiger partial charge in [-0.05, 0) is 49.8 Å². The molecule has 5 nitrogen and oxygen atoms in total. The molecule has 2 saturated heterocycles. The van der Waals surface area contributed by atoms with Gasteiger partial charge in [0.25, 0.3) is 5.91 Å². The van der Waals surface area contributed by atoms with E-state index in [1.807, 2.05) is 67.3 Å². The quantitative estimate of drug-likeness (QED) is 0.562. The average Bonchev–Trinajstić information content (AvgIpc) is 3.32. The van der Waals surface area contributed by atoms with Gasteiger partial charge in [-0.3, -0.25) is 14.5 Å². The summed E-state index contributed by atoms with van der Waals surface area (Å²) in [5, 5.41) is 0. The molecule has 2 amide bonds. The molecular formula is C28H34F3N3O2. The second-order valence-corrected chi connectivity index (χ2v) is 10.0. The van der Waals surface area contributed by atoms with Gasteiger partial charge in [0.05, 0.1) is 0 Å². The van der Waals surface area contributed by atoms with Crippen LogP contribution in [0, 0.1) is 13.8 Å². The van der Waals surface area contributed by atoms with E-state index in [9.17, 15) is 22.8 Å². The van der Waals surface area contributed by atoms with Crippen LogP contribution in [0.1, 0.15) is 52.7 Å². The van der Waals surface area contributed by atoms with E-state index in [0.717, 1.165) is 41.6 Å². The van der Waals surface area contributed by atoms with Gasteiger partial charge in [0.2, 0.25) is 5.91 Å². The minimum absolute atomic E-state index is 0.0649. The molecule has 0 N–H and O–H groups in total. The van der Waals surface area contributed by atoms with Crippen molar-refractivity contribution < 1.29 is 22.8 Å². The van der Waals surface area contributed by atoms with Crippen molar-refractivity contribution in [3.63, 3.8) is 0 Å². The summed E-state index contributed by atoms with van der Waals surface area (Å²) in [6.07, 6.45) is -3.68. The summed E-state index contributed by atoms with van der Waals surface area (Å²) in [5.74, 6) is -0.803. The zero-order chi connectivity index (χ0) is 25.9. The Labute approximate surface area is 210 Å². The van der Waals surface area contributed by atoms with Crippen molar-refractivity contribution in [3.8, 4) is 0 Å². The predicted octanol–water partition coefficient (Wildman–Crippen LogP) is 4.96. The largest absolute Gasteiger partial charge is 0.397 e. The van der Waals surface area contributed by atoms with Gasteiger partial charge in [0.15, 0.2) is 0 Å². The maximum Gasteiger partial charge on any atom is 0.397 e. The first kappa shape index (κ1) is 26.2. The Balaban J connectivity index is 1.38. The number of rotatable bonds is 6. The summed E-state index contributed by atoms with van der Waals surface area (Å²) in [7, 11) is 0. The number of hydrogen-bond acceptors (Lipinski definition) is 3. The number of carbonyl (C=O) groups excluding carboxylic acids is 2. The van der Waals surface area contributed by atoms with Crippen LogP contribution >= 0.6 is 0 Å². The molecule has 8 heteroatoms. The summed E-state index contributed by atoms with van der Waals surface area (Å²) < 4.78 is 39.1. The van der Waals surface area contributed by atoms with Crippen molar-refractivity contribution in [2.45, 2.75) is 64.3 Å². The van der Waals surface area contributed by atoms with Crippen molar-refractivity contribution >= 4 is 11.8 Å². The van der Waals surface area contributed by atoms with Gasteiger partial charge in [0.1, 0.15) is 6.42 Å². The molecule has 2 heterocycles. The topological polar surface area (TPSA) is 43.9 Å². The molecule has 0 radical (unpaired) electrons. The lowest BCUT2D eigenvalue weighted by Gasteiger charge is -2.37. The Morgan fingerprint density at radius 2 is 1.56 bits per heavy atom. The monoisotopic (exact) mass is 501 g/mol. The predicted molar refractivity (Wildman–Crippen MR) is 132 cm³/mol. The third kappa shape index (κ3) is 6.27. The van der Waals surface area contributed by atoms with E-state index in [2.05, 4.69) is 4.90 Å². The Hall–Kier alpha value is -2.87. The van der Waals surface area contributed by atoms with Crippen LogP contribution in [0.3, 0.4) is 0 Å². The first-order valence-corrected chi connectivity index (χ1v) is 12.6. The zero-order valence-corrected chi connectivity index (χ0v) is 20.9. The molecule has 1 atom stereocenters. The van der Waals surface area contributed by atoms with Crippen molar-refractivity contribution in [1.82, 2.24) is 14.7 Å². The lowest BCUT2D eigenvalue weighted by molar-refractivity contribution is -0.163. The molecule has 0 unspecified atom stereocenters. The second kappa shape index (κ2) is 11.0. The minimum Gasteiger partial charge on any atom is -0.339 e. The van der Waals surface area contributed by atoms with E-state index in [0.29, 0.717) is 26.1 Å². The SMILES string of the molecule is Cc1cccc(C)c1C(=O)N1CCC(N2CC[C@@H](N(Cc3ccccc3)C(=O)CC(F)(F)F)C2)CC1. The van der Waals surface area contributed by atoms with Gasteiger partial charge in [-0.2, -0.15) is 13.2 Å². The van der Waals surface area contributed by atoms with Crippen LogP contribution in [0.5, 0.6) is 0 Å². The molecule has 0 aliphatic carbocycles. The number of hydrogen-bond donors (Lipinski definition) is 0. The first-order valence-electron chi connectivity index (χ1n) is 12.6. The first-order chi connectivity index (χ1) is 17.1. The molecule has 2 aliphatic rings. The Kier molecular flexibility index (Phi) is 8.03. The summed E-state index contributed by atoms with van der Waals surface area (Å²) in [4.78, 5) is 31.5. The molecule has 36 heavy (non-hydrogen) atoms. The highest BCUT2D eigenvalue weighted by molar-refractivity contribution is 5.97. The van der Waals surface area contributed by atoms with E-state index in [-0.39, 0.29) is 24.5 Å². The molecule has 2 aromatic rings. The van der Waals surface area contributed by atoms with Gasteiger partial charge in [0, 0.05) is 50.4 Å². The van der Waals surface area contributed by atoms with Gasteiger partial charge < -0.3 is 9.80 Å². The fraction of sp³-hybridized carbons (Fsp3) is 0.500. The molecule has 0 bridgehead atoms. The Bertz CT molecular complexity index is 1050. The lowest BCUT2D eigenvalue weighted by atomic mass is 9.98. The number of carbonyl (C=O) groups is 2. The summed E-state index contributed by atoms with van der Waals surface area (Å²) in [6.45, 7) is 6.70. The standard InChI is InChI=1S/C28H34F3N3O2/c1-20-7-6-8-21(2)26(20)27(36)32-14-11-23(12-15-32)33-16-13-24(19-33)34(25(35)17-28(29,30)31)18-22-9-4-3-5-10-22/h3-10,23-24H,11-19H2,1-2H3/t24-/m1/s1. The fourth-order valence-electron chi connectivity index (χ4n) is 5.57. The van der Waals surface area contributed by atoms with Gasteiger partial charge in [-0.25, -0.2) is 0 Å². The van der Waals surface area contributed by atoms with E-state index in [4.69, 9.17) is 0 Å². The van der Waals surface area contributed by atoms with Crippen molar-refractivity contribution in [3.05, 3.63) is 70.8 Å². The van der Waals surface area contributed by atoms with Gasteiger partial charge in [-0.15, -0.1) is 0 Å². The van der Waals surface area contributed by atoms with Gasteiger partial charge >= 0.3 is 6.18 Å². The molecule has 0 aromatic heterocycles. The van der Waals surface area contributed by atoms with Crippen molar-refractivity contribution in [1.29, 1.82) is 0 Å². The third-order valence-corrected chi connectivity index (χ3v) is 7.47. The number of likely N-dealkylation sites (tertiary alicyclic amines) is 2. The van der Waals surface area contributed by atoms with Crippen LogP contribution in [0.4, 0.5) is 13.2 Å². The van der Waals surface area contributed by atoms with Crippen LogP contribution in [-0.4, -0.2) is 71.0 Å². The molecule has 2 fully saturated rings. The number of aryl methyl sites for hydroxylation is 2. The summed E-state index contributed by atoms with van der Waals surface area (Å²) in [5.41, 5.74) is 3.56. The number of amides is 2. The number of nitrogens with zero attached hydrogens (tertiary/aromatic N) is 3. The molecule has 194 valence electrons. The number of halogens is 3. The minimum atomic E-state index is -4.53. The zero-order valence-electron chi connectivity index (χ0n) is 20.9. The van der Waals surface area contributed by atoms with E-state index in [1.54, 1.807) is 0 Å². The van der Waals surface area contributed by atoms with Crippen LogP contribution in [0.25, 0.3) is 0 Å². The number of alkyl halides is 3. The van der Waals surface area contributed by atoms with E-state index >= 15 is 0 Å². The second-order valence-electron chi connectivity index (χ2n) is 10.0. The van der Waals surface area contributed by atoms with Crippen molar-refractivity contribution in [2.75, 3.05) is 26.2 Å². The molecule has 0 saturated carbocycles. The fourth-order valence-corrected chi connectivity index (χ4v) is 5.57. The van der Waals surface area contributed by atoms with Crippen LogP contribution in [0.2, 0.25) is 0 Å². The summed E-state index contributed by atoms with van der Waals surface area (Å²) >= 11 is 0.